The van der Waals surface area contributed by atoms with Gasteiger partial charge >= 0.3 is 0 Å². The molecule has 5 heteroatoms. The molecule has 1 aliphatic heterocycles. The smallest absolute Gasteiger partial charge is 0.0981 e. The fourth-order valence-corrected chi connectivity index (χ4v) is 2.20. The summed E-state index contributed by atoms with van der Waals surface area (Å²) >= 11 is 0. The van der Waals surface area contributed by atoms with Gasteiger partial charge in [0.1, 0.15) is 0 Å². The molecule has 3 N–H and O–H groups in total. The molecule has 1 aliphatic rings. The van der Waals surface area contributed by atoms with Crippen molar-refractivity contribution in [1.29, 1.82) is 0 Å². The quantitative estimate of drug-likeness (QED) is 0.820. The van der Waals surface area contributed by atoms with Crippen LogP contribution in [0.25, 0.3) is 10.9 Å². The van der Waals surface area contributed by atoms with E-state index in [4.69, 9.17) is 15.2 Å². The minimum Gasteiger partial charge on any atom is -0.399 e. The van der Waals surface area contributed by atoms with Gasteiger partial charge in [0.2, 0.25) is 0 Å². The standard InChI is InChI=1S/C14H17N3O2/c15-10-1-2-12-13(3-4-16-14(12)7-10)17-8-11-9-18-5-6-19-11/h1-4,7,11H,5-6,8-9,15H2,(H,16,17). The molecule has 3 rings (SSSR count). The summed E-state index contributed by atoms with van der Waals surface area (Å²) in [7, 11) is 0. The summed E-state index contributed by atoms with van der Waals surface area (Å²) in [6, 6.07) is 7.70. The van der Waals surface area contributed by atoms with Gasteiger partial charge in [0.05, 0.1) is 31.4 Å². The van der Waals surface area contributed by atoms with Gasteiger partial charge in [-0.15, -0.1) is 0 Å². The van der Waals surface area contributed by atoms with Gasteiger partial charge in [-0.25, -0.2) is 0 Å². The van der Waals surface area contributed by atoms with Crippen LogP contribution in [0, 0.1) is 0 Å². The second-order valence-corrected chi connectivity index (χ2v) is 4.58. The highest BCUT2D eigenvalue weighted by molar-refractivity contribution is 5.92. The molecule has 1 aromatic carbocycles. The number of nitrogens with two attached hydrogens (primary N) is 1. The Balaban J connectivity index is 1.76. The first-order valence-electron chi connectivity index (χ1n) is 6.40. The first-order chi connectivity index (χ1) is 9.33. The monoisotopic (exact) mass is 259 g/mol. The largest absolute Gasteiger partial charge is 0.399 e. The highest BCUT2D eigenvalue weighted by Gasteiger charge is 2.14. The van der Waals surface area contributed by atoms with Gasteiger partial charge in [0, 0.05) is 29.5 Å². The Labute approximate surface area is 111 Å². The fraction of sp³-hybridized carbons (Fsp3) is 0.357. The molecule has 1 fully saturated rings. The SMILES string of the molecule is Nc1ccc2c(NCC3COCCO3)ccnc2c1. The van der Waals surface area contributed by atoms with Crippen molar-refractivity contribution in [3.63, 3.8) is 0 Å². The average molecular weight is 259 g/mol. The predicted molar refractivity (Wildman–Crippen MR) is 75.2 cm³/mol. The van der Waals surface area contributed by atoms with E-state index in [1.807, 2.05) is 24.3 Å². The topological polar surface area (TPSA) is 69.4 Å². The highest BCUT2D eigenvalue weighted by atomic mass is 16.6. The highest BCUT2D eigenvalue weighted by Crippen LogP contribution is 2.23. The van der Waals surface area contributed by atoms with E-state index in [0.29, 0.717) is 19.8 Å². The summed E-state index contributed by atoms with van der Waals surface area (Å²) in [5, 5.41) is 4.45. The third-order valence-corrected chi connectivity index (χ3v) is 3.17. The van der Waals surface area contributed by atoms with Gasteiger partial charge in [-0.1, -0.05) is 0 Å². The first kappa shape index (κ1) is 12.2. The number of fused-ring (bicyclic) bond motifs is 1. The Morgan fingerprint density at radius 2 is 2.26 bits per heavy atom. The maximum absolute atomic E-state index is 5.77. The van der Waals surface area contributed by atoms with Crippen LogP contribution in [-0.4, -0.2) is 37.5 Å². The minimum absolute atomic E-state index is 0.103. The first-order valence-corrected chi connectivity index (χ1v) is 6.40. The van der Waals surface area contributed by atoms with E-state index in [2.05, 4.69) is 10.3 Å². The summed E-state index contributed by atoms with van der Waals surface area (Å²) in [5.41, 5.74) is 8.43. The summed E-state index contributed by atoms with van der Waals surface area (Å²) in [5.74, 6) is 0. The number of rotatable bonds is 3. The molecule has 100 valence electrons. The molecule has 1 saturated heterocycles. The number of nitrogens with zero attached hydrogens (tertiary/aromatic N) is 1. The molecule has 5 nitrogen and oxygen atoms in total. The fourth-order valence-electron chi connectivity index (χ4n) is 2.20. The molecule has 1 atom stereocenters. The zero-order valence-electron chi connectivity index (χ0n) is 10.6. The van der Waals surface area contributed by atoms with E-state index < -0.39 is 0 Å². The number of nitrogen functional groups attached to an aromatic ring is 1. The van der Waals surface area contributed by atoms with Crippen LogP contribution in [0.15, 0.2) is 30.5 Å². The van der Waals surface area contributed by atoms with Gasteiger partial charge < -0.3 is 20.5 Å². The number of nitrogens with one attached hydrogen (secondary N) is 1. The zero-order valence-corrected chi connectivity index (χ0v) is 10.6. The van der Waals surface area contributed by atoms with Crippen LogP contribution in [0.1, 0.15) is 0 Å². The van der Waals surface area contributed by atoms with E-state index >= 15 is 0 Å². The van der Waals surface area contributed by atoms with Crippen LogP contribution in [0.5, 0.6) is 0 Å². The Kier molecular flexibility index (Phi) is 3.48. The predicted octanol–water partition coefficient (Wildman–Crippen LogP) is 1.64. The lowest BCUT2D eigenvalue weighted by Gasteiger charge is -2.23. The van der Waals surface area contributed by atoms with E-state index in [1.54, 1.807) is 6.20 Å². The number of pyridine rings is 1. The van der Waals surface area contributed by atoms with Gasteiger partial charge in [0.25, 0.3) is 0 Å². The van der Waals surface area contributed by atoms with Gasteiger partial charge in [-0.2, -0.15) is 0 Å². The molecule has 0 bridgehead atoms. The van der Waals surface area contributed by atoms with Gasteiger partial charge in [-0.05, 0) is 24.3 Å². The van der Waals surface area contributed by atoms with Crippen molar-refractivity contribution in [1.82, 2.24) is 4.98 Å². The Bertz CT molecular complexity index is 568. The number of ether oxygens (including phenoxy) is 2. The molecule has 1 unspecified atom stereocenters. The minimum atomic E-state index is 0.103. The molecule has 0 aliphatic carbocycles. The van der Waals surface area contributed by atoms with Crippen molar-refractivity contribution < 1.29 is 9.47 Å². The summed E-state index contributed by atoms with van der Waals surface area (Å²) in [6.45, 7) is 2.72. The van der Waals surface area contributed by atoms with Crippen LogP contribution in [0.3, 0.4) is 0 Å². The lowest BCUT2D eigenvalue weighted by molar-refractivity contribution is -0.0818. The van der Waals surface area contributed by atoms with E-state index in [1.165, 1.54) is 0 Å². The van der Waals surface area contributed by atoms with Crippen molar-refractivity contribution in [2.45, 2.75) is 6.10 Å². The van der Waals surface area contributed by atoms with E-state index in [9.17, 15) is 0 Å². The van der Waals surface area contributed by atoms with Crippen LogP contribution in [-0.2, 0) is 9.47 Å². The number of benzene rings is 1. The second kappa shape index (κ2) is 5.42. The summed E-state index contributed by atoms with van der Waals surface area (Å²) in [4.78, 5) is 4.32. The third-order valence-electron chi connectivity index (χ3n) is 3.17. The van der Waals surface area contributed by atoms with Gasteiger partial charge in [-0.3, -0.25) is 4.98 Å². The maximum atomic E-state index is 5.77. The van der Waals surface area contributed by atoms with E-state index in [-0.39, 0.29) is 6.10 Å². The molecule has 19 heavy (non-hydrogen) atoms. The Hall–Kier alpha value is -1.85. The lowest BCUT2D eigenvalue weighted by Crippen LogP contribution is -2.34. The molecule has 0 radical (unpaired) electrons. The number of anilines is 2. The number of aromatic nitrogens is 1. The molecular weight excluding hydrogens is 242 g/mol. The molecule has 1 aromatic heterocycles. The van der Waals surface area contributed by atoms with Crippen LogP contribution >= 0.6 is 0 Å². The van der Waals surface area contributed by atoms with E-state index in [0.717, 1.165) is 28.8 Å². The molecular formula is C14H17N3O2. The zero-order chi connectivity index (χ0) is 13.1. The molecule has 2 aromatic rings. The van der Waals surface area contributed by atoms with Crippen molar-refractivity contribution in [3.05, 3.63) is 30.5 Å². The number of hydrogen-bond acceptors (Lipinski definition) is 5. The molecule has 0 saturated carbocycles. The van der Waals surface area contributed by atoms with Crippen molar-refractivity contribution in [3.8, 4) is 0 Å². The molecule has 0 amide bonds. The Morgan fingerprint density at radius 1 is 1.32 bits per heavy atom. The average Bonchev–Trinajstić information content (AvgIpc) is 2.45. The van der Waals surface area contributed by atoms with Crippen molar-refractivity contribution >= 4 is 22.3 Å². The van der Waals surface area contributed by atoms with Crippen LogP contribution in [0.2, 0.25) is 0 Å². The summed E-state index contributed by atoms with van der Waals surface area (Å²) in [6.07, 6.45) is 1.88. The summed E-state index contributed by atoms with van der Waals surface area (Å²) < 4.78 is 11.0. The molecule has 2 heterocycles. The van der Waals surface area contributed by atoms with Gasteiger partial charge in [0.15, 0.2) is 0 Å². The second-order valence-electron chi connectivity index (χ2n) is 4.58. The van der Waals surface area contributed by atoms with Crippen LogP contribution in [0.4, 0.5) is 11.4 Å². The number of hydrogen-bond donors (Lipinski definition) is 2. The normalized spacial score (nSPS) is 19.5. The van der Waals surface area contributed by atoms with Crippen molar-refractivity contribution in [2.24, 2.45) is 0 Å². The third kappa shape index (κ3) is 2.77. The van der Waals surface area contributed by atoms with Crippen molar-refractivity contribution in [2.75, 3.05) is 37.4 Å². The molecule has 0 spiro atoms. The lowest BCUT2D eigenvalue weighted by atomic mass is 10.1. The Morgan fingerprint density at radius 3 is 3.11 bits per heavy atom. The maximum Gasteiger partial charge on any atom is 0.0981 e. The van der Waals surface area contributed by atoms with Crippen LogP contribution < -0.4 is 11.1 Å².